The van der Waals surface area contributed by atoms with Crippen molar-refractivity contribution in [2.45, 2.75) is 63.2 Å². The molecule has 2 fully saturated rings. The minimum atomic E-state index is -1.18. The van der Waals surface area contributed by atoms with Crippen LogP contribution in [0.4, 0.5) is 5.69 Å². The molecule has 3 amide bonds. The molecular weight excluding hydrogens is 482 g/mol. The summed E-state index contributed by atoms with van der Waals surface area (Å²) in [7, 11) is 0. The number of benzene rings is 1. The molecule has 38 heavy (non-hydrogen) atoms. The van der Waals surface area contributed by atoms with E-state index in [0.717, 1.165) is 31.4 Å². The number of nitrogens with zero attached hydrogens (tertiary/aromatic N) is 3. The summed E-state index contributed by atoms with van der Waals surface area (Å²) in [6.45, 7) is 4.14. The van der Waals surface area contributed by atoms with Crippen LogP contribution in [0.1, 0.15) is 45.4 Å². The summed E-state index contributed by atoms with van der Waals surface area (Å²) in [5.74, 6) is -1.91. The molecule has 2 saturated heterocycles. The Morgan fingerprint density at radius 2 is 1.71 bits per heavy atom. The number of likely N-dealkylation sites (tertiary alicyclic amines) is 1. The van der Waals surface area contributed by atoms with E-state index in [-0.39, 0.29) is 24.3 Å². The normalized spacial score (nSPS) is 30.4. The average molecular weight is 522 g/mol. The molecule has 0 radical (unpaired) electrons. The van der Waals surface area contributed by atoms with E-state index in [9.17, 15) is 19.5 Å². The van der Waals surface area contributed by atoms with Crippen LogP contribution in [0, 0.1) is 11.8 Å². The van der Waals surface area contributed by atoms with Crippen molar-refractivity contribution in [1.29, 1.82) is 0 Å². The van der Waals surface area contributed by atoms with Crippen molar-refractivity contribution < 1.29 is 24.2 Å². The third kappa shape index (κ3) is 4.58. The number of ether oxygens (including phenoxy) is 1. The summed E-state index contributed by atoms with van der Waals surface area (Å²) in [6.07, 6.45) is 12.2. The lowest BCUT2D eigenvalue weighted by Crippen LogP contribution is -2.55. The number of carbonyl (C=O) groups excluding carboxylic acids is 3. The molecule has 8 heteroatoms. The molecule has 1 aromatic rings. The van der Waals surface area contributed by atoms with Gasteiger partial charge in [0.1, 0.15) is 11.6 Å². The lowest BCUT2D eigenvalue weighted by molar-refractivity contribution is -0.147. The number of rotatable bonds is 10. The number of hydrogen-bond acceptors (Lipinski definition) is 5. The van der Waals surface area contributed by atoms with Crippen LogP contribution in [0.5, 0.6) is 0 Å². The minimum Gasteiger partial charge on any atom is -0.396 e. The molecule has 1 spiro atoms. The Bertz CT molecular complexity index is 1090. The van der Waals surface area contributed by atoms with Crippen LogP contribution in [0.15, 0.2) is 54.6 Å². The summed E-state index contributed by atoms with van der Waals surface area (Å²) in [5.41, 5.74) is -0.402. The van der Waals surface area contributed by atoms with Gasteiger partial charge in [-0.25, -0.2) is 0 Å². The Morgan fingerprint density at radius 3 is 2.47 bits per heavy atom. The number of amides is 3. The Morgan fingerprint density at radius 1 is 0.921 bits per heavy atom. The Labute approximate surface area is 224 Å². The van der Waals surface area contributed by atoms with E-state index >= 15 is 0 Å². The number of aliphatic hydroxyl groups excluding tert-OH is 1. The van der Waals surface area contributed by atoms with Crippen LogP contribution < -0.4 is 4.90 Å². The summed E-state index contributed by atoms with van der Waals surface area (Å²) in [6, 6.07) is 8.69. The Hall–Kier alpha value is -2.97. The Balaban J connectivity index is 1.51. The van der Waals surface area contributed by atoms with Gasteiger partial charge >= 0.3 is 0 Å². The van der Waals surface area contributed by atoms with E-state index in [1.807, 2.05) is 59.5 Å². The summed E-state index contributed by atoms with van der Waals surface area (Å²) in [5, 5.41) is 9.23. The van der Waals surface area contributed by atoms with Crippen molar-refractivity contribution in [2.24, 2.45) is 11.8 Å². The number of fused-ring (bicyclic) bond motifs is 2. The van der Waals surface area contributed by atoms with Crippen LogP contribution in [-0.2, 0) is 19.1 Å². The first kappa shape index (κ1) is 26.6. The zero-order chi connectivity index (χ0) is 26.7. The van der Waals surface area contributed by atoms with Gasteiger partial charge in [-0.05, 0) is 37.8 Å². The fourth-order valence-corrected chi connectivity index (χ4v) is 6.59. The third-order valence-electron chi connectivity index (χ3n) is 8.40. The van der Waals surface area contributed by atoms with Crippen LogP contribution in [0.25, 0.3) is 0 Å². The first-order valence-corrected chi connectivity index (χ1v) is 14.1. The van der Waals surface area contributed by atoms with Gasteiger partial charge in [0.25, 0.3) is 0 Å². The molecule has 0 saturated carbocycles. The van der Waals surface area contributed by atoms with Gasteiger partial charge < -0.3 is 24.5 Å². The predicted molar refractivity (Wildman–Crippen MR) is 144 cm³/mol. The molecule has 1 unspecified atom stereocenters. The molecular formula is C30H39N3O5. The molecule has 8 nitrogen and oxygen atoms in total. The molecule has 1 N–H and O–H groups in total. The highest BCUT2D eigenvalue weighted by Crippen LogP contribution is 2.53. The summed E-state index contributed by atoms with van der Waals surface area (Å²) < 4.78 is 6.70. The monoisotopic (exact) mass is 521 g/mol. The van der Waals surface area contributed by atoms with Gasteiger partial charge in [0.2, 0.25) is 17.7 Å². The molecule has 4 heterocycles. The second kappa shape index (κ2) is 11.4. The molecule has 1 aromatic carbocycles. The highest BCUT2D eigenvalue weighted by atomic mass is 16.5. The molecule has 4 aliphatic rings. The quantitative estimate of drug-likeness (QED) is 0.378. The van der Waals surface area contributed by atoms with E-state index < -0.39 is 29.6 Å². The number of anilines is 1. The van der Waals surface area contributed by atoms with Gasteiger partial charge in [0, 0.05) is 38.5 Å². The second-order valence-corrected chi connectivity index (χ2v) is 10.8. The standard InChI is InChI=1S/C30H39N3O5/c1-2-3-8-17-31-18-12-16-30-25(28(36)33(26(30)29(31)37)19-9-5-10-21-34)24-23(38-30)15-11-20-32(27(24)35)22-13-6-4-7-14-22/h4,6-7,11-16,23-26,34H,2-3,5,8-10,17-21H2,1H3/t23-,24+,25-,26?,30-/m0/s1. The maximum atomic E-state index is 14.2. The average Bonchev–Trinajstić information content (AvgIpc) is 3.24. The van der Waals surface area contributed by atoms with Crippen molar-refractivity contribution in [3.8, 4) is 0 Å². The smallest absolute Gasteiger partial charge is 0.249 e. The number of carbonyl (C=O) groups is 3. The maximum absolute atomic E-state index is 14.2. The van der Waals surface area contributed by atoms with Crippen LogP contribution in [-0.4, -0.2) is 83.2 Å². The molecule has 5 atom stereocenters. The Kier molecular flexibility index (Phi) is 8.00. The van der Waals surface area contributed by atoms with Crippen molar-refractivity contribution in [3.05, 3.63) is 54.6 Å². The molecule has 5 rings (SSSR count). The van der Waals surface area contributed by atoms with E-state index in [2.05, 4.69) is 6.92 Å². The van der Waals surface area contributed by atoms with Gasteiger partial charge in [-0.15, -0.1) is 0 Å². The highest BCUT2D eigenvalue weighted by Gasteiger charge is 2.71. The first-order chi connectivity index (χ1) is 18.5. The van der Waals surface area contributed by atoms with Crippen molar-refractivity contribution in [1.82, 2.24) is 9.80 Å². The highest BCUT2D eigenvalue weighted by molar-refractivity contribution is 6.03. The lowest BCUT2D eigenvalue weighted by atomic mass is 9.77. The number of aliphatic hydroxyl groups is 1. The van der Waals surface area contributed by atoms with Crippen LogP contribution in [0.2, 0.25) is 0 Å². The summed E-state index contributed by atoms with van der Waals surface area (Å²) >= 11 is 0. The molecule has 4 aliphatic heterocycles. The first-order valence-electron chi connectivity index (χ1n) is 14.1. The van der Waals surface area contributed by atoms with Crippen LogP contribution >= 0.6 is 0 Å². The van der Waals surface area contributed by atoms with Gasteiger partial charge in [-0.1, -0.05) is 62.3 Å². The van der Waals surface area contributed by atoms with Gasteiger partial charge in [0.05, 0.1) is 17.9 Å². The molecule has 0 aliphatic carbocycles. The lowest BCUT2D eigenvalue weighted by Gasteiger charge is -2.35. The zero-order valence-electron chi connectivity index (χ0n) is 22.2. The van der Waals surface area contributed by atoms with Crippen molar-refractivity contribution >= 4 is 23.4 Å². The fraction of sp³-hybridized carbons (Fsp3) is 0.567. The van der Waals surface area contributed by atoms with Gasteiger partial charge in [-0.3, -0.25) is 14.4 Å². The van der Waals surface area contributed by atoms with Gasteiger partial charge in [-0.2, -0.15) is 0 Å². The number of para-hydroxylation sites is 1. The zero-order valence-corrected chi connectivity index (χ0v) is 22.2. The van der Waals surface area contributed by atoms with Crippen LogP contribution in [0.3, 0.4) is 0 Å². The van der Waals surface area contributed by atoms with E-state index in [1.165, 1.54) is 0 Å². The van der Waals surface area contributed by atoms with E-state index in [4.69, 9.17) is 4.74 Å². The third-order valence-corrected chi connectivity index (χ3v) is 8.40. The van der Waals surface area contributed by atoms with Crippen molar-refractivity contribution in [3.63, 3.8) is 0 Å². The topological polar surface area (TPSA) is 90.4 Å². The van der Waals surface area contributed by atoms with E-state index in [0.29, 0.717) is 39.0 Å². The van der Waals surface area contributed by atoms with E-state index in [1.54, 1.807) is 9.80 Å². The number of unbranched alkanes of at least 4 members (excludes halogenated alkanes) is 4. The summed E-state index contributed by atoms with van der Waals surface area (Å²) in [4.78, 5) is 47.6. The van der Waals surface area contributed by atoms with Crippen molar-refractivity contribution in [2.75, 3.05) is 37.7 Å². The largest absolute Gasteiger partial charge is 0.396 e. The SMILES string of the molecule is CCCCCN1CC=C[C@]23O[C@H]4C=CCN(c5ccccc5)C(=O)[C@H]4[C@H]2C(=O)N(CCCCCO)C3C1=O. The second-order valence-electron chi connectivity index (χ2n) is 10.8. The number of hydrogen-bond donors (Lipinski definition) is 1. The minimum absolute atomic E-state index is 0.0971. The molecule has 204 valence electrons. The fourth-order valence-electron chi connectivity index (χ4n) is 6.59. The predicted octanol–water partition coefficient (Wildman–Crippen LogP) is 2.92. The molecule has 0 aromatic heterocycles. The van der Waals surface area contributed by atoms with Gasteiger partial charge in [0.15, 0.2) is 0 Å². The maximum Gasteiger partial charge on any atom is 0.249 e. The molecule has 0 bridgehead atoms.